The van der Waals surface area contributed by atoms with E-state index in [1.807, 2.05) is 0 Å². The second-order valence-corrected chi connectivity index (χ2v) is 5.15. The summed E-state index contributed by atoms with van der Waals surface area (Å²) in [6.07, 6.45) is 5.39. The van der Waals surface area contributed by atoms with Crippen LogP contribution in [0.1, 0.15) is 25.7 Å². The van der Waals surface area contributed by atoms with Gasteiger partial charge in [-0.15, -0.1) is 0 Å². The molecule has 1 atom stereocenters. The van der Waals surface area contributed by atoms with Crippen molar-refractivity contribution >= 4 is 5.91 Å². The molecule has 4 nitrogen and oxygen atoms in total. The van der Waals surface area contributed by atoms with Gasteiger partial charge in [0.25, 0.3) is 0 Å². The number of rotatable bonds is 7. The van der Waals surface area contributed by atoms with E-state index >= 15 is 0 Å². The number of ether oxygens (including phenoxy) is 1. The molecule has 2 fully saturated rings. The zero-order valence-electron chi connectivity index (χ0n) is 9.95. The molecule has 0 spiro atoms. The lowest BCUT2D eigenvalue weighted by atomic mass is 9.98. The summed E-state index contributed by atoms with van der Waals surface area (Å²) >= 11 is 0. The van der Waals surface area contributed by atoms with Crippen LogP contribution in [0.3, 0.4) is 0 Å². The van der Waals surface area contributed by atoms with Gasteiger partial charge in [0, 0.05) is 13.7 Å². The number of amides is 1. The molecule has 16 heavy (non-hydrogen) atoms. The number of carbonyl (C=O) groups excluding carboxylic acids is 1. The van der Waals surface area contributed by atoms with Crippen molar-refractivity contribution in [3.05, 3.63) is 0 Å². The maximum atomic E-state index is 11.6. The highest BCUT2D eigenvalue weighted by atomic mass is 16.5. The summed E-state index contributed by atoms with van der Waals surface area (Å²) in [5, 5.41) is 2.97. The highest BCUT2D eigenvalue weighted by molar-refractivity contribution is 5.81. The molecule has 0 aromatic rings. The van der Waals surface area contributed by atoms with E-state index in [1.54, 1.807) is 7.11 Å². The second kappa shape index (κ2) is 5.15. The molecule has 0 heterocycles. The Morgan fingerprint density at radius 1 is 1.38 bits per heavy atom. The van der Waals surface area contributed by atoms with Crippen LogP contribution in [-0.2, 0) is 9.53 Å². The molecule has 0 radical (unpaired) electrons. The second-order valence-electron chi connectivity index (χ2n) is 5.15. The van der Waals surface area contributed by atoms with Gasteiger partial charge in [-0.05, 0) is 43.4 Å². The highest BCUT2D eigenvalue weighted by Crippen LogP contribution is 2.48. The molecule has 0 saturated heterocycles. The van der Waals surface area contributed by atoms with Gasteiger partial charge >= 0.3 is 0 Å². The topological polar surface area (TPSA) is 64.3 Å². The van der Waals surface area contributed by atoms with E-state index in [9.17, 15) is 4.79 Å². The summed E-state index contributed by atoms with van der Waals surface area (Å²) < 4.78 is 4.87. The van der Waals surface area contributed by atoms with Crippen molar-refractivity contribution in [2.24, 2.45) is 23.5 Å². The van der Waals surface area contributed by atoms with Crippen molar-refractivity contribution in [1.82, 2.24) is 5.32 Å². The van der Waals surface area contributed by atoms with Gasteiger partial charge in [0.1, 0.15) is 6.04 Å². The van der Waals surface area contributed by atoms with Crippen molar-refractivity contribution in [2.75, 3.05) is 20.3 Å². The molecule has 2 aliphatic rings. The molecule has 0 bridgehead atoms. The summed E-state index contributed by atoms with van der Waals surface area (Å²) in [7, 11) is 1.56. The van der Waals surface area contributed by atoms with Gasteiger partial charge in [-0.25, -0.2) is 0 Å². The lowest BCUT2D eigenvalue weighted by Crippen LogP contribution is -2.45. The first-order valence-corrected chi connectivity index (χ1v) is 6.24. The van der Waals surface area contributed by atoms with E-state index in [1.165, 1.54) is 25.7 Å². The SMILES string of the molecule is COCC(N)C(=O)NCC(C1CC1)C1CC1. The Kier molecular flexibility index (Phi) is 3.82. The summed E-state index contributed by atoms with van der Waals surface area (Å²) in [6, 6.07) is -0.524. The predicted octanol–water partition coefficient (Wildman–Crippen LogP) is 0.513. The van der Waals surface area contributed by atoms with Crippen molar-refractivity contribution in [1.29, 1.82) is 0 Å². The Labute approximate surface area is 96.9 Å². The van der Waals surface area contributed by atoms with Gasteiger partial charge in [0.15, 0.2) is 0 Å². The third kappa shape index (κ3) is 3.19. The Balaban J connectivity index is 1.70. The maximum Gasteiger partial charge on any atom is 0.239 e. The van der Waals surface area contributed by atoms with Gasteiger partial charge in [-0.2, -0.15) is 0 Å². The van der Waals surface area contributed by atoms with Crippen molar-refractivity contribution in [2.45, 2.75) is 31.7 Å². The minimum Gasteiger partial charge on any atom is -0.383 e. The van der Waals surface area contributed by atoms with Gasteiger partial charge in [-0.1, -0.05) is 0 Å². The predicted molar refractivity (Wildman–Crippen MR) is 61.8 cm³/mol. The molecule has 1 amide bonds. The molecule has 2 rings (SSSR count). The third-order valence-corrected chi connectivity index (χ3v) is 3.65. The number of methoxy groups -OCH3 is 1. The van der Waals surface area contributed by atoms with E-state index in [4.69, 9.17) is 10.5 Å². The minimum absolute atomic E-state index is 0.0758. The fraction of sp³-hybridized carbons (Fsp3) is 0.917. The standard InChI is InChI=1S/C12H22N2O2/c1-16-7-11(13)12(15)14-6-10(8-2-3-8)9-4-5-9/h8-11H,2-7,13H2,1H3,(H,14,15). The van der Waals surface area contributed by atoms with Crippen LogP contribution < -0.4 is 11.1 Å². The zero-order valence-corrected chi connectivity index (χ0v) is 9.95. The third-order valence-electron chi connectivity index (χ3n) is 3.65. The largest absolute Gasteiger partial charge is 0.383 e. The Morgan fingerprint density at radius 3 is 2.38 bits per heavy atom. The molecule has 0 aromatic carbocycles. The average molecular weight is 226 g/mol. The summed E-state index contributed by atoms with van der Waals surface area (Å²) in [6.45, 7) is 1.11. The molecule has 3 N–H and O–H groups in total. The van der Waals surface area contributed by atoms with Crippen molar-refractivity contribution < 1.29 is 9.53 Å². The highest BCUT2D eigenvalue weighted by Gasteiger charge is 2.41. The molecular formula is C12H22N2O2. The van der Waals surface area contributed by atoms with E-state index in [0.717, 1.165) is 18.4 Å². The average Bonchev–Trinajstić information content (AvgIpc) is 3.12. The van der Waals surface area contributed by atoms with Crippen LogP contribution in [-0.4, -0.2) is 32.2 Å². The lowest BCUT2D eigenvalue weighted by Gasteiger charge is -2.18. The molecule has 2 saturated carbocycles. The summed E-state index contributed by atoms with van der Waals surface area (Å²) in [4.78, 5) is 11.6. The molecule has 0 aliphatic heterocycles. The van der Waals surface area contributed by atoms with Crippen molar-refractivity contribution in [3.63, 3.8) is 0 Å². The first kappa shape index (κ1) is 11.9. The van der Waals surface area contributed by atoms with Crippen LogP contribution in [0.25, 0.3) is 0 Å². The van der Waals surface area contributed by atoms with Crippen LogP contribution in [0.15, 0.2) is 0 Å². The zero-order chi connectivity index (χ0) is 11.5. The van der Waals surface area contributed by atoms with Gasteiger partial charge < -0.3 is 15.8 Å². The quantitative estimate of drug-likeness (QED) is 0.665. The molecule has 1 unspecified atom stereocenters. The first-order valence-electron chi connectivity index (χ1n) is 6.24. The molecule has 0 aromatic heterocycles. The summed E-state index contributed by atoms with van der Waals surface area (Å²) in [5.41, 5.74) is 5.66. The molecule has 4 heteroatoms. The monoisotopic (exact) mass is 226 g/mol. The number of hydrogen-bond acceptors (Lipinski definition) is 3. The number of hydrogen-bond donors (Lipinski definition) is 2. The first-order chi connectivity index (χ1) is 7.72. The lowest BCUT2D eigenvalue weighted by molar-refractivity contribution is -0.123. The minimum atomic E-state index is -0.524. The summed E-state index contributed by atoms with van der Waals surface area (Å²) in [5.74, 6) is 2.37. The fourth-order valence-electron chi connectivity index (χ4n) is 2.37. The number of nitrogens with one attached hydrogen (secondary N) is 1. The Hall–Kier alpha value is -0.610. The van der Waals surface area contributed by atoms with Crippen LogP contribution in [0, 0.1) is 17.8 Å². The van der Waals surface area contributed by atoms with Crippen LogP contribution in [0.2, 0.25) is 0 Å². The van der Waals surface area contributed by atoms with Gasteiger partial charge in [0.2, 0.25) is 5.91 Å². The van der Waals surface area contributed by atoms with Gasteiger partial charge in [0.05, 0.1) is 6.61 Å². The number of nitrogens with two attached hydrogens (primary N) is 1. The van der Waals surface area contributed by atoms with E-state index in [-0.39, 0.29) is 5.91 Å². The Bertz CT molecular complexity index is 237. The van der Waals surface area contributed by atoms with Crippen LogP contribution in [0.5, 0.6) is 0 Å². The number of carbonyl (C=O) groups is 1. The molecule has 92 valence electrons. The maximum absolute atomic E-state index is 11.6. The molecular weight excluding hydrogens is 204 g/mol. The van der Waals surface area contributed by atoms with E-state index in [2.05, 4.69) is 5.32 Å². The molecule has 2 aliphatic carbocycles. The van der Waals surface area contributed by atoms with Gasteiger partial charge in [-0.3, -0.25) is 4.79 Å². The Morgan fingerprint density at radius 2 is 1.94 bits per heavy atom. The smallest absolute Gasteiger partial charge is 0.239 e. The van der Waals surface area contributed by atoms with E-state index < -0.39 is 6.04 Å². The normalized spacial score (nSPS) is 22.2. The van der Waals surface area contributed by atoms with Crippen LogP contribution in [0.4, 0.5) is 0 Å². The van der Waals surface area contributed by atoms with Crippen molar-refractivity contribution in [3.8, 4) is 0 Å². The van der Waals surface area contributed by atoms with E-state index in [0.29, 0.717) is 12.5 Å². The fourth-order valence-corrected chi connectivity index (χ4v) is 2.37. The van der Waals surface area contributed by atoms with Crippen LogP contribution >= 0.6 is 0 Å².